The lowest BCUT2D eigenvalue weighted by atomic mass is 10.2. The van der Waals surface area contributed by atoms with Crippen LogP contribution in [0.15, 0.2) is 98.3 Å². The third-order valence-corrected chi connectivity index (χ3v) is 3.40. The molecule has 0 unspecified atom stereocenters. The van der Waals surface area contributed by atoms with Crippen molar-refractivity contribution < 1.29 is 4.57 Å². The van der Waals surface area contributed by atoms with Gasteiger partial charge >= 0.3 is 0 Å². The maximum atomic E-state index is 3.74. The molecule has 0 aliphatic rings. The maximum Gasteiger partial charge on any atom is 0.173 e. The van der Waals surface area contributed by atoms with Crippen LogP contribution in [0.5, 0.6) is 0 Å². The highest BCUT2D eigenvalue weighted by molar-refractivity contribution is 5.45. The van der Waals surface area contributed by atoms with Crippen molar-refractivity contribution in [1.29, 1.82) is 0 Å². The van der Waals surface area contributed by atoms with E-state index in [1.165, 1.54) is 11.1 Å². The molecule has 2 aromatic carbocycles. The fourth-order valence-corrected chi connectivity index (χ4v) is 2.09. The first-order valence-electron chi connectivity index (χ1n) is 7.65. The predicted molar refractivity (Wildman–Crippen MR) is 98.8 cm³/mol. The Morgan fingerprint density at radius 1 is 0.652 bits per heavy atom. The van der Waals surface area contributed by atoms with Crippen molar-refractivity contribution in [1.82, 2.24) is 0 Å². The zero-order valence-corrected chi connectivity index (χ0v) is 13.3. The molecule has 0 aliphatic carbocycles. The molecule has 0 radical (unpaired) electrons. The molecule has 23 heavy (non-hydrogen) atoms. The van der Waals surface area contributed by atoms with E-state index in [2.05, 4.69) is 66.5 Å². The molecule has 1 heteroatoms. The lowest BCUT2D eigenvalue weighted by Crippen LogP contribution is -2.32. The third kappa shape index (κ3) is 5.76. The van der Waals surface area contributed by atoms with Crippen molar-refractivity contribution in [2.45, 2.75) is 6.54 Å². The maximum absolute atomic E-state index is 3.74. The molecule has 3 rings (SSSR count). The van der Waals surface area contributed by atoms with Crippen LogP contribution in [-0.2, 0) is 6.54 Å². The standard InChI is InChI=1S/C14H14N.C8H8/c1-2-13-8-10-15(11-9-13)12-14-6-4-3-5-7-14;1-2-8-6-4-3-5-7-8/h2-11H,1,12H2;2-7H,1H2/q+1;. The molecule has 0 atom stereocenters. The summed E-state index contributed by atoms with van der Waals surface area (Å²) in [5.74, 6) is 0. The quantitative estimate of drug-likeness (QED) is 0.597. The molecule has 0 saturated heterocycles. The second-order valence-corrected chi connectivity index (χ2v) is 5.11. The molecule has 1 heterocycles. The van der Waals surface area contributed by atoms with Crippen molar-refractivity contribution in [2.75, 3.05) is 0 Å². The van der Waals surface area contributed by atoms with Crippen LogP contribution in [-0.4, -0.2) is 0 Å². The van der Waals surface area contributed by atoms with Gasteiger partial charge in [0.05, 0.1) is 0 Å². The molecule has 0 fully saturated rings. The third-order valence-electron chi connectivity index (χ3n) is 3.40. The highest BCUT2D eigenvalue weighted by atomic mass is 14.9. The van der Waals surface area contributed by atoms with Gasteiger partial charge in [-0.15, -0.1) is 0 Å². The summed E-state index contributed by atoms with van der Waals surface area (Å²) in [5, 5.41) is 0. The van der Waals surface area contributed by atoms with Gasteiger partial charge in [0.2, 0.25) is 0 Å². The van der Waals surface area contributed by atoms with Crippen LogP contribution in [0.3, 0.4) is 0 Å². The molecule has 1 aromatic heterocycles. The number of nitrogens with zero attached hydrogens (tertiary/aromatic N) is 1. The number of pyridine rings is 1. The first kappa shape index (κ1) is 16.4. The minimum absolute atomic E-state index is 0.915. The first-order valence-corrected chi connectivity index (χ1v) is 7.65. The minimum Gasteiger partial charge on any atom is -0.201 e. The van der Waals surface area contributed by atoms with Gasteiger partial charge in [-0.3, -0.25) is 0 Å². The minimum atomic E-state index is 0.915. The van der Waals surface area contributed by atoms with E-state index in [9.17, 15) is 0 Å². The van der Waals surface area contributed by atoms with Crippen LogP contribution in [0.1, 0.15) is 16.7 Å². The van der Waals surface area contributed by atoms with Gasteiger partial charge < -0.3 is 0 Å². The number of hydrogen-bond donors (Lipinski definition) is 0. The Morgan fingerprint density at radius 2 is 1.13 bits per heavy atom. The molecule has 0 saturated carbocycles. The normalized spacial score (nSPS) is 9.39. The summed E-state index contributed by atoms with van der Waals surface area (Å²) in [7, 11) is 0. The summed E-state index contributed by atoms with van der Waals surface area (Å²) in [6, 6.07) is 24.6. The zero-order valence-electron chi connectivity index (χ0n) is 13.3. The second kappa shape index (κ2) is 9.16. The Morgan fingerprint density at radius 3 is 1.61 bits per heavy atom. The van der Waals surface area contributed by atoms with E-state index in [0.29, 0.717) is 0 Å². The fourth-order valence-electron chi connectivity index (χ4n) is 2.09. The number of aromatic nitrogens is 1. The highest BCUT2D eigenvalue weighted by Gasteiger charge is 2.00. The van der Waals surface area contributed by atoms with Gasteiger partial charge in [-0.25, -0.2) is 4.57 Å². The van der Waals surface area contributed by atoms with Crippen LogP contribution >= 0.6 is 0 Å². The van der Waals surface area contributed by atoms with Gasteiger partial charge in [0.1, 0.15) is 0 Å². The fraction of sp³-hybridized carbons (Fsp3) is 0.0455. The lowest BCUT2D eigenvalue weighted by Gasteiger charge is -1.97. The van der Waals surface area contributed by atoms with Gasteiger partial charge in [-0.1, -0.05) is 86.0 Å². The van der Waals surface area contributed by atoms with Crippen LogP contribution in [0, 0.1) is 0 Å². The lowest BCUT2D eigenvalue weighted by molar-refractivity contribution is -0.688. The number of benzene rings is 2. The summed E-state index contributed by atoms with van der Waals surface area (Å²) in [6.07, 6.45) is 7.83. The van der Waals surface area contributed by atoms with Crippen LogP contribution in [0.2, 0.25) is 0 Å². The van der Waals surface area contributed by atoms with E-state index < -0.39 is 0 Å². The Labute approximate surface area is 138 Å². The monoisotopic (exact) mass is 300 g/mol. The molecule has 0 amide bonds. The summed E-state index contributed by atoms with van der Waals surface area (Å²) in [5.41, 5.74) is 3.64. The van der Waals surface area contributed by atoms with Crippen molar-refractivity contribution in [3.05, 3.63) is 115 Å². The van der Waals surface area contributed by atoms with E-state index in [1.807, 2.05) is 48.6 Å². The molecule has 1 nitrogen and oxygen atoms in total. The summed E-state index contributed by atoms with van der Waals surface area (Å²) in [6.45, 7) is 8.28. The highest BCUT2D eigenvalue weighted by Crippen LogP contribution is 1.99. The van der Waals surface area contributed by atoms with E-state index in [0.717, 1.165) is 12.1 Å². The van der Waals surface area contributed by atoms with Gasteiger partial charge in [0.25, 0.3) is 0 Å². The Hall–Kier alpha value is -2.93. The van der Waals surface area contributed by atoms with Crippen molar-refractivity contribution >= 4 is 12.2 Å². The molecular formula is C22H22N+. The predicted octanol–water partition coefficient (Wildman–Crippen LogP) is 5.00. The zero-order chi connectivity index (χ0) is 16.3. The Bertz CT molecular complexity index is 713. The van der Waals surface area contributed by atoms with E-state index in [1.54, 1.807) is 0 Å². The summed E-state index contributed by atoms with van der Waals surface area (Å²) < 4.78 is 2.16. The van der Waals surface area contributed by atoms with Crippen LogP contribution in [0.25, 0.3) is 12.2 Å². The SMILES string of the molecule is C=Cc1cc[n+](Cc2ccccc2)cc1.C=Cc1ccccc1. The van der Waals surface area contributed by atoms with E-state index in [-0.39, 0.29) is 0 Å². The first-order chi connectivity index (χ1) is 11.3. The molecule has 114 valence electrons. The molecule has 0 bridgehead atoms. The van der Waals surface area contributed by atoms with E-state index >= 15 is 0 Å². The molecule has 0 aliphatic heterocycles. The molecule has 0 spiro atoms. The van der Waals surface area contributed by atoms with Gasteiger partial charge in [-0.05, 0) is 11.1 Å². The Kier molecular flexibility index (Phi) is 6.55. The van der Waals surface area contributed by atoms with Crippen molar-refractivity contribution in [3.8, 4) is 0 Å². The molecular weight excluding hydrogens is 278 g/mol. The molecule has 3 aromatic rings. The van der Waals surface area contributed by atoms with Crippen molar-refractivity contribution in [2.24, 2.45) is 0 Å². The topological polar surface area (TPSA) is 3.88 Å². The Balaban J connectivity index is 0.000000203. The van der Waals surface area contributed by atoms with Crippen LogP contribution in [0.4, 0.5) is 0 Å². The number of hydrogen-bond acceptors (Lipinski definition) is 0. The largest absolute Gasteiger partial charge is 0.201 e. The average molecular weight is 300 g/mol. The summed E-state index contributed by atoms with van der Waals surface area (Å²) >= 11 is 0. The molecule has 0 N–H and O–H groups in total. The van der Waals surface area contributed by atoms with Crippen LogP contribution < -0.4 is 4.57 Å². The van der Waals surface area contributed by atoms with Gasteiger partial charge in [0, 0.05) is 17.7 Å². The van der Waals surface area contributed by atoms with E-state index in [4.69, 9.17) is 0 Å². The van der Waals surface area contributed by atoms with Gasteiger partial charge in [0.15, 0.2) is 18.9 Å². The summed E-state index contributed by atoms with van der Waals surface area (Å²) in [4.78, 5) is 0. The second-order valence-electron chi connectivity index (χ2n) is 5.11. The smallest absolute Gasteiger partial charge is 0.173 e. The average Bonchev–Trinajstić information content (AvgIpc) is 2.64. The van der Waals surface area contributed by atoms with Gasteiger partial charge in [-0.2, -0.15) is 0 Å². The van der Waals surface area contributed by atoms with Crippen molar-refractivity contribution in [3.63, 3.8) is 0 Å². The number of rotatable bonds is 4.